The highest BCUT2D eigenvalue weighted by Crippen LogP contribution is 2.26. The standard InChI is InChI=1S/C24H25N3O4S2/c1-4-18-10-19-22(33-18)26-24(27(23(19)30)12-17-6-5-7-31-17)32-13-20(28)25-11-16-8-14(2)21(29)15(3)9-16/h5-10,29H,4,11-13H2,1-3H3,(H,25,28). The van der Waals surface area contributed by atoms with Crippen LogP contribution in [0.15, 0.2) is 51.0 Å². The van der Waals surface area contributed by atoms with E-state index in [2.05, 4.69) is 5.32 Å². The molecule has 0 aliphatic heterocycles. The number of thioether (sulfide) groups is 1. The van der Waals surface area contributed by atoms with Crippen molar-refractivity contribution in [2.45, 2.75) is 45.4 Å². The van der Waals surface area contributed by atoms with Crippen LogP contribution >= 0.6 is 23.1 Å². The van der Waals surface area contributed by atoms with E-state index in [1.807, 2.05) is 45.0 Å². The van der Waals surface area contributed by atoms with E-state index in [0.717, 1.165) is 28.0 Å². The third kappa shape index (κ3) is 5.15. The normalized spacial score (nSPS) is 11.2. The third-order valence-electron chi connectivity index (χ3n) is 5.28. The highest BCUT2D eigenvalue weighted by atomic mass is 32.2. The molecule has 0 bridgehead atoms. The quantitative estimate of drug-likeness (QED) is 0.285. The number of benzene rings is 1. The van der Waals surface area contributed by atoms with Crippen molar-refractivity contribution in [1.82, 2.24) is 14.9 Å². The molecule has 3 heterocycles. The van der Waals surface area contributed by atoms with E-state index in [4.69, 9.17) is 9.40 Å². The van der Waals surface area contributed by atoms with Gasteiger partial charge in [-0.05, 0) is 55.2 Å². The Kier molecular flexibility index (Phi) is 6.90. The molecule has 1 aromatic carbocycles. The van der Waals surface area contributed by atoms with Gasteiger partial charge in [0.1, 0.15) is 16.3 Å². The molecular formula is C24H25N3O4S2. The molecule has 0 fully saturated rings. The molecule has 172 valence electrons. The maximum Gasteiger partial charge on any atom is 0.263 e. The number of fused-ring (bicyclic) bond motifs is 1. The predicted octanol–water partition coefficient (Wildman–Crippen LogP) is 4.39. The van der Waals surface area contributed by atoms with Gasteiger partial charge in [0.15, 0.2) is 5.16 Å². The zero-order chi connectivity index (χ0) is 23.5. The number of thiophene rings is 1. The highest BCUT2D eigenvalue weighted by molar-refractivity contribution is 7.99. The Morgan fingerprint density at radius 3 is 2.70 bits per heavy atom. The largest absolute Gasteiger partial charge is 0.507 e. The summed E-state index contributed by atoms with van der Waals surface area (Å²) in [5.74, 6) is 0.880. The minimum absolute atomic E-state index is 0.123. The maximum atomic E-state index is 13.2. The molecule has 9 heteroatoms. The molecule has 0 aliphatic rings. The van der Waals surface area contributed by atoms with Crippen LogP contribution in [0.25, 0.3) is 10.2 Å². The smallest absolute Gasteiger partial charge is 0.263 e. The Morgan fingerprint density at radius 1 is 1.27 bits per heavy atom. The van der Waals surface area contributed by atoms with Crippen LogP contribution in [0.1, 0.15) is 34.3 Å². The fourth-order valence-corrected chi connectivity index (χ4v) is 5.40. The summed E-state index contributed by atoms with van der Waals surface area (Å²) in [6, 6.07) is 9.20. The number of hydrogen-bond acceptors (Lipinski definition) is 7. The van der Waals surface area contributed by atoms with E-state index < -0.39 is 0 Å². The van der Waals surface area contributed by atoms with Crippen LogP contribution < -0.4 is 10.9 Å². The van der Waals surface area contributed by atoms with Crippen LogP contribution in [0.2, 0.25) is 0 Å². The van der Waals surface area contributed by atoms with E-state index in [-0.39, 0.29) is 29.5 Å². The summed E-state index contributed by atoms with van der Waals surface area (Å²) < 4.78 is 7.00. The second kappa shape index (κ2) is 9.84. The molecule has 0 radical (unpaired) electrons. The summed E-state index contributed by atoms with van der Waals surface area (Å²) in [4.78, 5) is 32.2. The number of phenolic OH excluding ortho intramolecular Hbond substituents is 1. The van der Waals surface area contributed by atoms with E-state index in [1.165, 1.54) is 23.1 Å². The minimum atomic E-state index is -0.164. The SMILES string of the molecule is CCc1cc2c(=O)n(Cc3ccco3)c(SCC(=O)NCc3cc(C)c(O)c(C)c3)nc2s1. The van der Waals surface area contributed by atoms with Crippen LogP contribution in [-0.2, 0) is 24.3 Å². The Morgan fingerprint density at radius 2 is 2.03 bits per heavy atom. The first kappa shape index (κ1) is 23.1. The van der Waals surface area contributed by atoms with Gasteiger partial charge in [-0.2, -0.15) is 0 Å². The first-order valence-corrected chi connectivity index (χ1v) is 12.4. The molecule has 0 saturated heterocycles. The monoisotopic (exact) mass is 483 g/mol. The highest BCUT2D eigenvalue weighted by Gasteiger charge is 2.17. The van der Waals surface area contributed by atoms with Gasteiger partial charge in [-0.1, -0.05) is 30.8 Å². The number of hydrogen-bond donors (Lipinski definition) is 2. The lowest BCUT2D eigenvalue weighted by Gasteiger charge is -2.11. The summed E-state index contributed by atoms with van der Waals surface area (Å²) in [5.41, 5.74) is 2.33. The number of nitrogens with one attached hydrogen (secondary N) is 1. The molecule has 0 atom stereocenters. The molecule has 33 heavy (non-hydrogen) atoms. The lowest BCUT2D eigenvalue weighted by atomic mass is 10.1. The van der Waals surface area contributed by atoms with Crippen molar-refractivity contribution in [2.75, 3.05) is 5.75 Å². The topological polar surface area (TPSA) is 97.4 Å². The van der Waals surface area contributed by atoms with Crippen LogP contribution in [0, 0.1) is 13.8 Å². The molecular weight excluding hydrogens is 458 g/mol. The minimum Gasteiger partial charge on any atom is -0.507 e. The Hall–Kier alpha value is -3.04. The van der Waals surface area contributed by atoms with Crippen molar-refractivity contribution in [1.29, 1.82) is 0 Å². The molecule has 2 N–H and O–H groups in total. The van der Waals surface area contributed by atoms with Gasteiger partial charge in [0.05, 0.1) is 23.9 Å². The summed E-state index contributed by atoms with van der Waals surface area (Å²) >= 11 is 2.74. The molecule has 7 nitrogen and oxygen atoms in total. The fraction of sp³-hybridized carbons (Fsp3) is 0.292. The summed E-state index contributed by atoms with van der Waals surface area (Å²) in [6.07, 6.45) is 2.40. The van der Waals surface area contributed by atoms with Crippen molar-refractivity contribution in [3.05, 3.63) is 74.3 Å². The van der Waals surface area contributed by atoms with E-state index in [1.54, 1.807) is 16.9 Å². The second-order valence-corrected chi connectivity index (χ2v) is 9.85. The Labute approximate surface area is 199 Å². The Balaban J connectivity index is 1.52. The average Bonchev–Trinajstić information content (AvgIpc) is 3.46. The van der Waals surface area contributed by atoms with E-state index in [9.17, 15) is 14.7 Å². The summed E-state index contributed by atoms with van der Waals surface area (Å²) in [5, 5.41) is 13.9. The average molecular weight is 484 g/mol. The van der Waals surface area contributed by atoms with Gasteiger partial charge in [-0.3, -0.25) is 14.2 Å². The number of phenols is 1. The zero-order valence-corrected chi connectivity index (χ0v) is 20.3. The van der Waals surface area contributed by atoms with Gasteiger partial charge in [-0.15, -0.1) is 11.3 Å². The third-order valence-corrected chi connectivity index (χ3v) is 7.43. The number of furan rings is 1. The lowest BCUT2D eigenvalue weighted by Crippen LogP contribution is -2.26. The van der Waals surface area contributed by atoms with Crippen LogP contribution in [0.4, 0.5) is 0 Å². The number of aromatic hydroxyl groups is 1. The first-order valence-electron chi connectivity index (χ1n) is 10.6. The molecule has 1 amide bonds. The van der Waals surface area contributed by atoms with Gasteiger partial charge >= 0.3 is 0 Å². The molecule has 0 saturated carbocycles. The van der Waals surface area contributed by atoms with E-state index >= 15 is 0 Å². The second-order valence-electron chi connectivity index (χ2n) is 7.79. The zero-order valence-electron chi connectivity index (χ0n) is 18.7. The van der Waals surface area contributed by atoms with Crippen LogP contribution in [-0.4, -0.2) is 26.3 Å². The van der Waals surface area contributed by atoms with Gasteiger partial charge in [0, 0.05) is 11.4 Å². The van der Waals surface area contributed by atoms with Gasteiger partial charge in [0.2, 0.25) is 5.91 Å². The van der Waals surface area contributed by atoms with Crippen molar-refractivity contribution in [3.63, 3.8) is 0 Å². The Bertz CT molecular complexity index is 1330. The van der Waals surface area contributed by atoms with Crippen molar-refractivity contribution in [3.8, 4) is 5.75 Å². The molecule has 0 spiro atoms. The molecule has 4 aromatic rings. The van der Waals surface area contributed by atoms with Crippen LogP contribution in [0.5, 0.6) is 5.75 Å². The van der Waals surface area contributed by atoms with Gasteiger partial charge in [0.25, 0.3) is 5.56 Å². The number of nitrogens with zero attached hydrogens (tertiary/aromatic N) is 2. The molecule has 3 aromatic heterocycles. The number of carbonyl (C=O) groups excluding carboxylic acids is 1. The number of rotatable bonds is 8. The first-order chi connectivity index (χ1) is 15.9. The molecule has 0 unspecified atom stereocenters. The van der Waals surface area contributed by atoms with Gasteiger partial charge < -0.3 is 14.8 Å². The maximum absolute atomic E-state index is 13.2. The van der Waals surface area contributed by atoms with Crippen LogP contribution in [0.3, 0.4) is 0 Å². The number of carbonyl (C=O) groups is 1. The van der Waals surface area contributed by atoms with Crippen molar-refractivity contribution in [2.24, 2.45) is 0 Å². The number of aryl methyl sites for hydroxylation is 3. The van der Waals surface area contributed by atoms with Gasteiger partial charge in [-0.25, -0.2) is 4.98 Å². The number of aromatic nitrogens is 2. The molecule has 4 rings (SSSR count). The number of amides is 1. The van der Waals surface area contributed by atoms with E-state index in [0.29, 0.717) is 27.7 Å². The van der Waals surface area contributed by atoms with Crippen molar-refractivity contribution < 1.29 is 14.3 Å². The summed E-state index contributed by atoms with van der Waals surface area (Å²) in [7, 11) is 0. The lowest BCUT2D eigenvalue weighted by molar-refractivity contribution is -0.118. The predicted molar refractivity (Wildman–Crippen MR) is 131 cm³/mol. The summed E-state index contributed by atoms with van der Waals surface area (Å²) in [6.45, 7) is 6.32. The van der Waals surface area contributed by atoms with Crippen molar-refractivity contribution >= 4 is 39.2 Å². The fourth-order valence-electron chi connectivity index (χ4n) is 3.56. The molecule has 0 aliphatic carbocycles.